The van der Waals surface area contributed by atoms with E-state index in [-0.39, 0.29) is 11.2 Å². The molecule has 1 aliphatic heterocycles. The van der Waals surface area contributed by atoms with Gasteiger partial charge in [0.25, 0.3) is 0 Å². The Morgan fingerprint density at radius 3 is 3.17 bits per heavy atom. The van der Waals surface area contributed by atoms with Gasteiger partial charge in [-0.25, -0.2) is 0 Å². The lowest BCUT2D eigenvalue weighted by atomic mass is 10.3. The van der Waals surface area contributed by atoms with Gasteiger partial charge in [0.1, 0.15) is 16.9 Å². The van der Waals surface area contributed by atoms with E-state index in [0.717, 1.165) is 22.4 Å². The lowest BCUT2D eigenvalue weighted by Crippen LogP contribution is -2.28. The second-order valence-electron chi connectivity index (χ2n) is 5.07. The zero-order chi connectivity index (χ0) is 16.4. The van der Waals surface area contributed by atoms with Crippen LogP contribution in [0.2, 0.25) is 0 Å². The molecule has 2 aromatic rings. The fourth-order valence-electron chi connectivity index (χ4n) is 2.48. The Labute approximate surface area is 142 Å². The average molecular weight is 345 g/mol. The minimum Gasteiger partial charge on any atom is -0.302 e. The maximum absolute atomic E-state index is 12.7. The largest absolute Gasteiger partial charge is 0.302 e. The van der Waals surface area contributed by atoms with Crippen molar-refractivity contribution < 1.29 is 4.79 Å². The molecule has 23 heavy (non-hydrogen) atoms. The first-order valence-electron chi connectivity index (χ1n) is 7.12. The van der Waals surface area contributed by atoms with Gasteiger partial charge in [0.15, 0.2) is 5.16 Å². The molecule has 0 saturated carbocycles. The highest BCUT2D eigenvalue weighted by molar-refractivity contribution is 8.00. The normalized spacial score (nSPS) is 17.5. The van der Waals surface area contributed by atoms with E-state index in [0.29, 0.717) is 18.7 Å². The number of aryl methyl sites for hydroxylation is 1. The smallest absolute Gasteiger partial charge is 0.241 e. The summed E-state index contributed by atoms with van der Waals surface area (Å²) in [4.78, 5) is 14.4. The molecule has 1 atom stereocenters. The van der Waals surface area contributed by atoms with E-state index in [1.165, 1.54) is 23.1 Å². The Kier molecular flexibility index (Phi) is 4.50. The van der Waals surface area contributed by atoms with Gasteiger partial charge in [-0.15, -0.1) is 28.1 Å². The van der Waals surface area contributed by atoms with Crippen molar-refractivity contribution in [2.75, 3.05) is 11.4 Å². The van der Waals surface area contributed by atoms with Crippen molar-refractivity contribution in [2.24, 2.45) is 0 Å². The first kappa shape index (κ1) is 15.8. The van der Waals surface area contributed by atoms with Crippen LogP contribution >= 0.6 is 23.1 Å². The van der Waals surface area contributed by atoms with Crippen molar-refractivity contribution in [2.45, 2.75) is 30.3 Å². The second-order valence-corrected chi connectivity index (χ2v) is 7.13. The molecule has 0 aliphatic carbocycles. The molecule has 3 rings (SSSR count). The molecule has 1 aliphatic rings. The Morgan fingerprint density at radius 1 is 1.61 bits per heavy atom. The first-order valence-corrected chi connectivity index (χ1v) is 8.88. The number of carbonyl (C=O) groups excluding carboxylic acids is 1. The van der Waals surface area contributed by atoms with Crippen molar-refractivity contribution in [3.63, 3.8) is 0 Å². The number of nitrogens with zero attached hydrogens (tertiary/aromatic N) is 5. The number of thiophene rings is 1. The van der Waals surface area contributed by atoms with E-state index in [1.54, 1.807) is 17.0 Å². The van der Waals surface area contributed by atoms with Crippen LogP contribution in [0.5, 0.6) is 0 Å². The van der Waals surface area contributed by atoms with Gasteiger partial charge in [0.2, 0.25) is 5.91 Å². The fourth-order valence-corrected chi connectivity index (χ4v) is 4.49. The average Bonchev–Trinajstić information content (AvgIpc) is 3.23. The number of amides is 1. The maximum atomic E-state index is 12.7. The number of carbonyl (C=O) groups is 1. The molecule has 0 aromatic carbocycles. The Balaban J connectivity index is 1.78. The van der Waals surface area contributed by atoms with Crippen molar-refractivity contribution in [1.82, 2.24) is 14.8 Å². The van der Waals surface area contributed by atoms with E-state index in [1.807, 2.05) is 16.9 Å². The monoisotopic (exact) mass is 345 g/mol. The van der Waals surface area contributed by atoms with Crippen molar-refractivity contribution in [3.8, 4) is 6.07 Å². The summed E-state index contributed by atoms with van der Waals surface area (Å²) in [6.45, 7) is 6.87. The molecular formula is C15H15N5OS2. The molecule has 3 heterocycles. The summed E-state index contributed by atoms with van der Waals surface area (Å²) < 4.78 is 1.94. The number of hydrogen-bond donors (Lipinski definition) is 0. The molecule has 2 aromatic heterocycles. The molecule has 1 amide bonds. The molecule has 6 nitrogen and oxygen atoms in total. The van der Waals surface area contributed by atoms with Gasteiger partial charge < -0.3 is 9.47 Å². The topological polar surface area (TPSA) is 74.8 Å². The van der Waals surface area contributed by atoms with Crippen LogP contribution in [0.15, 0.2) is 29.3 Å². The fraction of sp³-hybridized carbons (Fsp3) is 0.333. The molecule has 8 heteroatoms. The summed E-state index contributed by atoms with van der Waals surface area (Å²) in [5.41, 5.74) is 0.555. The second kappa shape index (κ2) is 6.56. The van der Waals surface area contributed by atoms with E-state index < -0.39 is 0 Å². The number of rotatable bonds is 5. The number of aromatic nitrogens is 3. The number of thioether (sulfide) groups is 1. The Morgan fingerprint density at radius 2 is 2.43 bits per heavy atom. The third-order valence-corrected chi connectivity index (χ3v) is 5.80. The lowest BCUT2D eigenvalue weighted by molar-refractivity contribution is -0.116. The molecular weight excluding hydrogens is 330 g/mol. The highest BCUT2D eigenvalue weighted by Gasteiger charge is 2.36. The van der Waals surface area contributed by atoms with Gasteiger partial charge in [-0.1, -0.05) is 17.8 Å². The van der Waals surface area contributed by atoms with E-state index in [9.17, 15) is 4.79 Å². The summed E-state index contributed by atoms with van der Waals surface area (Å²) >= 11 is 2.86. The van der Waals surface area contributed by atoms with E-state index in [2.05, 4.69) is 22.8 Å². The quantitative estimate of drug-likeness (QED) is 0.779. The number of allylic oxidation sites excluding steroid dienone is 1. The molecule has 0 spiro atoms. The number of anilines is 1. The zero-order valence-corrected chi connectivity index (χ0v) is 14.2. The summed E-state index contributed by atoms with van der Waals surface area (Å²) in [6.07, 6.45) is 2.51. The zero-order valence-electron chi connectivity index (χ0n) is 12.6. The first-order chi connectivity index (χ1) is 11.2. The highest BCUT2D eigenvalue weighted by Crippen LogP contribution is 2.36. The van der Waals surface area contributed by atoms with Crippen LogP contribution < -0.4 is 4.90 Å². The number of hydrogen-bond acceptors (Lipinski definition) is 6. The Bertz CT molecular complexity index is 788. The van der Waals surface area contributed by atoms with Gasteiger partial charge in [-0.2, -0.15) is 5.26 Å². The standard InChI is InChI=1S/C15H15N5OS2/c1-3-6-19-10(2)17-18-15(19)23-12-4-7-20(13(12)21)14-11(9-16)5-8-22-14/h3,5,8,12H,1,4,6-7H2,2H3. The van der Waals surface area contributed by atoms with E-state index in [4.69, 9.17) is 5.26 Å². The van der Waals surface area contributed by atoms with Gasteiger partial charge in [0.05, 0.1) is 10.8 Å². The lowest BCUT2D eigenvalue weighted by Gasteiger charge is -2.15. The Hall–Kier alpha value is -2.11. The van der Waals surface area contributed by atoms with Gasteiger partial charge in [-0.3, -0.25) is 4.79 Å². The summed E-state index contributed by atoms with van der Waals surface area (Å²) in [6, 6.07) is 3.89. The highest BCUT2D eigenvalue weighted by atomic mass is 32.2. The van der Waals surface area contributed by atoms with Crippen LogP contribution in [0.25, 0.3) is 0 Å². The van der Waals surface area contributed by atoms with E-state index >= 15 is 0 Å². The van der Waals surface area contributed by atoms with Crippen LogP contribution in [0.3, 0.4) is 0 Å². The molecule has 1 unspecified atom stereocenters. The summed E-state index contributed by atoms with van der Waals surface area (Å²) in [5, 5.41) is 20.5. The molecule has 1 fully saturated rings. The summed E-state index contributed by atoms with van der Waals surface area (Å²) in [7, 11) is 0. The molecule has 0 bridgehead atoms. The van der Waals surface area contributed by atoms with Crippen molar-refractivity contribution >= 4 is 34.0 Å². The predicted octanol–water partition coefficient (Wildman–Crippen LogP) is 2.60. The third kappa shape index (κ3) is 2.90. The van der Waals surface area contributed by atoms with Crippen LogP contribution in [-0.4, -0.2) is 32.5 Å². The van der Waals surface area contributed by atoms with Crippen LogP contribution in [0.1, 0.15) is 17.8 Å². The van der Waals surface area contributed by atoms with Crippen molar-refractivity contribution in [3.05, 3.63) is 35.5 Å². The predicted molar refractivity (Wildman–Crippen MR) is 90.6 cm³/mol. The van der Waals surface area contributed by atoms with Crippen molar-refractivity contribution in [1.29, 1.82) is 5.26 Å². The molecule has 0 N–H and O–H groups in total. The summed E-state index contributed by atoms with van der Waals surface area (Å²) in [5.74, 6) is 0.833. The van der Waals surface area contributed by atoms with Crippen LogP contribution in [0.4, 0.5) is 5.00 Å². The molecule has 118 valence electrons. The maximum Gasteiger partial charge on any atom is 0.241 e. The molecule has 0 radical (unpaired) electrons. The number of nitriles is 1. The van der Waals surface area contributed by atoms with Gasteiger partial charge >= 0.3 is 0 Å². The van der Waals surface area contributed by atoms with Gasteiger partial charge in [0, 0.05) is 13.1 Å². The van der Waals surface area contributed by atoms with Crippen LogP contribution in [-0.2, 0) is 11.3 Å². The minimum absolute atomic E-state index is 0.0276. The minimum atomic E-state index is -0.198. The SMILES string of the molecule is C=CCn1c(C)nnc1SC1CCN(c2sccc2C#N)C1=O. The third-order valence-electron chi connectivity index (χ3n) is 3.63. The van der Waals surface area contributed by atoms with Crippen LogP contribution in [0, 0.1) is 18.3 Å². The molecule has 1 saturated heterocycles. The van der Waals surface area contributed by atoms with Gasteiger partial charge in [-0.05, 0) is 24.8 Å².